The molecule has 3 rings (SSSR count). The molecule has 1 aromatic carbocycles. The van der Waals surface area contributed by atoms with Crippen LogP contribution >= 0.6 is 0 Å². The van der Waals surface area contributed by atoms with Gasteiger partial charge in [0.25, 0.3) is 5.91 Å². The zero-order valence-electron chi connectivity index (χ0n) is 20.7. The first kappa shape index (κ1) is 25.4. The van der Waals surface area contributed by atoms with E-state index in [0.717, 1.165) is 0 Å². The number of rotatable bonds is 3. The Morgan fingerprint density at radius 1 is 1.18 bits per heavy atom. The first-order chi connectivity index (χ1) is 15.8. The van der Waals surface area contributed by atoms with Crippen LogP contribution in [0, 0.1) is 11.8 Å². The third-order valence-corrected chi connectivity index (χ3v) is 6.56. The highest BCUT2D eigenvalue weighted by Crippen LogP contribution is 2.41. The SMILES string of the molecule is CN(C)C(=O)[C@@H]1C[C@@H](CC(=O)NC(C)(C)C)C(=O)N2CCC(=O)c3ccccc3NC(=O)[C@@]12C. The lowest BCUT2D eigenvalue weighted by Crippen LogP contribution is -2.68. The Labute approximate surface area is 200 Å². The fourth-order valence-electron chi connectivity index (χ4n) is 4.82. The van der Waals surface area contributed by atoms with Gasteiger partial charge in [-0.3, -0.25) is 24.0 Å². The van der Waals surface area contributed by atoms with Gasteiger partial charge in [-0.1, -0.05) is 12.1 Å². The van der Waals surface area contributed by atoms with E-state index in [4.69, 9.17) is 0 Å². The molecule has 0 aromatic heterocycles. The fraction of sp³-hybridized carbons (Fsp3) is 0.560. The normalized spacial score (nSPS) is 25.2. The fourth-order valence-corrected chi connectivity index (χ4v) is 4.82. The summed E-state index contributed by atoms with van der Waals surface area (Å²) in [5.41, 5.74) is -1.27. The number of piperidine rings is 1. The Bertz CT molecular complexity index is 1030. The van der Waals surface area contributed by atoms with Gasteiger partial charge < -0.3 is 20.4 Å². The zero-order chi connectivity index (χ0) is 25.4. The second-order valence-corrected chi connectivity index (χ2v) is 10.5. The van der Waals surface area contributed by atoms with E-state index in [1.807, 2.05) is 20.8 Å². The molecule has 0 unspecified atom stereocenters. The second-order valence-electron chi connectivity index (χ2n) is 10.5. The maximum Gasteiger partial charge on any atom is 0.250 e. The summed E-state index contributed by atoms with van der Waals surface area (Å²) in [4.78, 5) is 68.9. The van der Waals surface area contributed by atoms with Crippen molar-refractivity contribution in [2.75, 3.05) is 26.0 Å². The Morgan fingerprint density at radius 3 is 2.44 bits per heavy atom. The van der Waals surface area contributed by atoms with Gasteiger partial charge in [0, 0.05) is 50.5 Å². The highest BCUT2D eigenvalue weighted by molar-refractivity contribution is 6.10. The van der Waals surface area contributed by atoms with E-state index in [-0.39, 0.29) is 43.4 Å². The zero-order valence-corrected chi connectivity index (χ0v) is 20.7. The van der Waals surface area contributed by atoms with Gasteiger partial charge >= 0.3 is 0 Å². The molecule has 2 N–H and O–H groups in total. The summed E-state index contributed by atoms with van der Waals surface area (Å²) in [6, 6.07) is 6.69. The molecule has 4 amide bonds. The first-order valence-electron chi connectivity index (χ1n) is 11.5. The van der Waals surface area contributed by atoms with Crippen LogP contribution in [0.5, 0.6) is 0 Å². The number of para-hydroxylation sites is 1. The van der Waals surface area contributed by atoms with Crippen molar-refractivity contribution in [3.63, 3.8) is 0 Å². The average Bonchev–Trinajstić information content (AvgIpc) is 2.77. The van der Waals surface area contributed by atoms with Crippen LogP contribution in [0.2, 0.25) is 0 Å². The third-order valence-electron chi connectivity index (χ3n) is 6.56. The van der Waals surface area contributed by atoms with Gasteiger partial charge in [-0.05, 0) is 46.2 Å². The van der Waals surface area contributed by atoms with E-state index in [2.05, 4.69) is 10.6 Å². The van der Waals surface area contributed by atoms with E-state index in [9.17, 15) is 24.0 Å². The molecule has 9 heteroatoms. The molecule has 1 fully saturated rings. The molecule has 9 nitrogen and oxygen atoms in total. The molecule has 34 heavy (non-hydrogen) atoms. The maximum atomic E-state index is 13.7. The number of benzene rings is 1. The van der Waals surface area contributed by atoms with Gasteiger partial charge in [0.2, 0.25) is 17.7 Å². The monoisotopic (exact) mass is 470 g/mol. The molecule has 1 saturated heterocycles. The molecule has 184 valence electrons. The number of anilines is 1. The van der Waals surface area contributed by atoms with Crippen molar-refractivity contribution >= 4 is 35.1 Å². The lowest BCUT2D eigenvalue weighted by Gasteiger charge is -2.50. The summed E-state index contributed by atoms with van der Waals surface area (Å²) >= 11 is 0. The van der Waals surface area contributed by atoms with Crippen molar-refractivity contribution in [3.05, 3.63) is 29.8 Å². The summed E-state index contributed by atoms with van der Waals surface area (Å²) < 4.78 is 0. The number of carbonyl (C=O) groups is 5. The number of fused-ring (bicyclic) bond motifs is 2. The van der Waals surface area contributed by atoms with E-state index in [0.29, 0.717) is 11.3 Å². The van der Waals surface area contributed by atoms with Crippen LogP contribution in [0.3, 0.4) is 0 Å². The minimum atomic E-state index is -1.52. The summed E-state index contributed by atoms with van der Waals surface area (Å²) in [5, 5.41) is 5.66. The number of ketones is 1. The van der Waals surface area contributed by atoms with Crippen LogP contribution in [0.15, 0.2) is 24.3 Å². The summed E-state index contributed by atoms with van der Waals surface area (Å²) in [5.74, 6) is -3.42. The summed E-state index contributed by atoms with van der Waals surface area (Å²) in [6.45, 7) is 7.09. The second kappa shape index (κ2) is 9.19. The highest BCUT2D eigenvalue weighted by atomic mass is 16.2. The molecule has 0 radical (unpaired) electrons. The quantitative estimate of drug-likeness (QED) is 0.699. The minimum Gasteiger partial charge on any atom is -0.351 e. The molecule has 2 aliphatic heterocycles. The Balaban J connectivity index is 2.05. The van der Waals surface area contributed by atoms with Crippen molar-refractivity contribution in [1.29, 1.82) is 0 Å². The number of amides is 4. The maximum absolute atomic E-state index is 13.7. The highest BCUT2D eigenvalue weighted by Gasteiger charge is 2.57. The predicted molar refractivity (Wildman–Crippen MR) is 127 cm³/mol. The van der Waals surface area contributed by atoms with Gasteiger partial charge in [-0.15, -0.1) is 0 Å². The van der Waals surface area contributed by atoms with Gasteiger partial charge in [0.15, 0.2) is 5.78 Å². The molecule has 1 aromatic rings. The Morgan fingerprint density at radius 2 is 1.82 bits per heavy atom. The molecule has 0 bridgehead atoms. The van der Waals surface area contributed by atoms with Crippen molar-refractivity contribution in [2.45, 2.75) is 58.0 Å². The molecular weight excluding hydrogens is 436 g/mol. The molecular formula is C25H34N4O5. The number of hydrogen-bond acceptors (Lipinski definition) is 5. The largest absolute Gasteiger partial charge is 0.351 e. The van der Waals surface area contributed by atoms with Gasteiger partial charge in [-0.25, -0.2) is 0 Å². The van der Waals surface area contributed by atoms with Crippen LogP contribution in [0.4, 0.5) is 5.69 Å². The Kier molecular flexibility index (Phi) is 6.87. The van der Waals surface area contributed by atoms with Gasteiger partial charge in [0.05, 0.1) is 11.6 Å². The van der Waals surface area contributed by atoms with Crippen molar-refractivity contribution < 1.29 is 24.0 Å². The summed E-state index contributed by atoms with van der Waals surface area (Å²) in [6.07, 6.45) is -0.0454. The lowest BCUT2D eigenvalue weighted by molar-refractivity contribution is -0.166. The third kappa shape index (κ3) is 4.83. The standard InChI is InChI=1S/C25H34N4O5/c1-24(2,3)27-20(31)14-15-13-17(22(33)28(5)6)25(4)23(34)26-18-10-8-7-9-16(18)19(30)11-12-29(25)21(15)32/h7-10,15,17H,11-14H2,1-6H3,(H,26,34)(H,27,31)/t15-,17-,25+/m0/s1. The first-order valence-corrected chi connectivity index (χ1v) is 11.5. The number of nitrogens with zero attached hydrogens (tertiary/aromatic N) is 2. The summed E-state index contributed by atoms with van der Waals surface area (Å²) in [7, 11) is 3.19. The number of hydrogen-bond donors (Lipinski definition) is 2. The van der Waals surface area contributed by atoms with Crippen molar-refractivity contribution in [2.24, 2.45) is 11.8 Å². The van der Waals surface area contributed by atoms with E-state index >= 15 is 0 Å². The van der Waals surface area contributed by atoms with Crippen molar-refractivity contribution in [3.8, 4) is 0 Å². The van der Waals surface area contributed by atoms with Crippen LogP contribution < -0.4 is 10.6 Å². The van der Waals surface area contributed by atoms with Crippen molar-refractivity contribution in [1.82, 2.24) is 15.1 Å². The molecule has 0 aliphatic carbocycles. The number of nitrogens with one attached hydrogen (secondary N) is 2. The van der Waals surface area contributed by atoms with Gasteiger partial charge in [0.1, 0.15) is 5.54 Å². The van der Waals surface area contributed by atoms with E-state index < -0.39 is 34.7 Å². The predicted octanol–water partition coefficient (Wildman–Crippen LogP) is 1.83. The number of Topliss-reactive ketones (excluding diaryl/α,β-unsaturated/α-hetero) is 1. The molecule has 2 heterocycles. The van der Waals surface area contributed by atoms with Gasteiger partial charge in [-0.2, -0.15) is 0 Å². The van der Waals surface area contributed by atoms with Crippen LogP contribution in [-0.2, 0) is 19.2 Å². The van der Waals surface area contributed by atoms with Crippen LogP contribution in [0.25, 0.3) is 0 Å². The topological polar surface area (TPSA) is 116 Å². The smallest absolute Gasteiger partial charge is 0.250 e. The minimum absolute atomic E-state index is 0.00289. The average molecular weight is 471 g/mol. The van der Waals surface area contributed by atoms with Crippen LogP contribution in [-0.4, -0.2) is 70.9 Å². The molecule has 2 aliphatic rings. The van der Waals surface area contributed by atoms with E-state index in [1.165, 1.54) is 9.80 Å². The Hall–Kier alpha value is -3.23. The lowest BCUT2D eigenvalue weighted by atomic mass is 9.71. The molecule has 3 atom stereocenters. The van der Waals surface area contributed by atoms with Crippen LogP contribution in [0.1, 0.15) is 57.3 Å². The van der Waals surface area contributed by atoms with E-state index in [1.54, 1.807) is 45.3 Å². The number of carbonyl (C=O) groups excluding carboxylic acids is 5. The molecule has 0 saturated carbocycles. The molecule has 0 spiro atoms.